The smallest absolute Gasteiger partial charge is 0.287 e. The van der Waals surface area contributed by atoms with Gasteiger partial charge in [0.05, 0.1) is 18.7 Å². The van der Waals surface area contributed by atoms with Gasteiger partial charge >= 0.3 is 0 Å². The van der Waals surface area contributed by atoms with Gasteiger partial charge in [-0.25, -0.2) is 0 Å². The van der Waals surface area contributed by atoms with E-state index in [0.717, 1.165) is 11.1 Å². The third kappa shape index (κ3) is 2.21. The molecular weight excluding hydrogens is 256 g/mol. The number of aliphatic hydroxyl groups is 1. The second-order valence-electron chi connectivity index (χ2n) is 4.89. The molecule has 0 aliphatic heterocycles. The molecule has 0 bridgehead atoms. The highest BCUT2D eigenvalue weighted by Gasteiger charge is 2.32. The number of fused-ring (bicyclic) bond motifs is 1. The zero-order valence-corrected chi connectivity index (χ0v) is 10.9. The molecule has 0 unspecified atom stereocenters. The lowest BCUT2D eigenvalue weighted by atomic mass is 10.1. The van der Waals surface area contributed by atoms with Gasteiger partial charge in [0.15, 0.2) is 5.76 Å². The summed E-state index contributed by atoms with van der Waals surface area (Å²) >= 11 is 0. The van der Waals surface area contributed by atoms with Crippen molar-refractivity contribution < 1.29 is 14.3 Å². The largest absolute Gasteiger partial charge is 0.455 e. The van der Waals surface area contributed by atoms with Crippen molar-refractivity contribution in [2.24, 2.45) is 5.73 Å². The summed E-state index contributed by atoms with van der Waals surface area (Å²) < 4.78 is 5.31. The third-order valence-corrected chi connectivity index (χ3v) is 3.58. The van der Waals surface area contributed by atoms with Crippen LogP contribution < -0.4 is 11.1 Å². The van der Waals surface area contributed by atoms with E-state index in [2.05, 4.69) is 5.32 Å². The molecule has 1 aliphatic rings. The second-order valence-corrected chi connectivity index (χ2v) is 4.89. The van der Waals surface area contributed by atoms with Crippen LogP contribution in [0, 0.1) is 0 Å². The Labute approximate surface area is 116 Å². The van der Waals surface area contributed by atoms with Gasteiger partial charge in [-0.2, -0.15) is 0 Å². The van der Waals surface area contributed by atoms with Crippen molar-refractivity contribution in [1.29, 1.82) is 0 Å². The van der Waals surface area contributed by atoms with E-state index >= 15 is 0 Å². The fraction of sp³-hybridized carbons (Fsp3) is 0.267. The van der Waals surface area contributed by atoms with Crippen LogP contribution in [0.4, 0.5) is 0 Å². The molecule has 0 saturated carbocycles. The average Bonchev–Trinajstić information content (AvgIpc) is 3.04. The lowest BCUT2D eigenvalue weighted by Crippen LogP contribution is -2.33. The Kier molecular flexibility index (Phi) is 3.30. The Morgan fingerprint density at radius 2 is 2.15 bits per heavy atom. The van der Waals surface area contributed by atoms with Gasteiger partial charge in [-0.05, 0) is 23.3 Å². The van der Waals surface area contributed by atoms with Crippen molar-refractivity contribution in [1.82, 2.24) is 5.32 Å². The first kappa shape index (κ1) is 12.9. The van der Waals surface area contributed by atoms with E-state index in [0.29, 0.717) is 12.2 Å². The van der Waals surface area contributed by atoms with Crippen molar-refractivity contribution in [2.75, 3.05) is 0 Å². The molecule has 0 fully saturated rings. The van der Waals surface area contributed by atoms with Gasteiger partial charge in [-0.15, -0.1) is 0 Å². The van der Waals surface area contributed by atoms with E-state index in [9.17, 15) is 9.90 Å². The van der Waals surface area contributed by atoms with Gasteiger partial charge in [0.1, 0.15) is 5.76 Å². The summed E-state index contributed by atoms with van der Waals surface area (Å²) in [6.07, 6.45) is -0.0619. The molecule has 0 saturated heterocycles. The van der Waals surface area contributed by atoms with Gasteiger partial charge in [-0.1, -0.05) is 24.3 Å². The van der Waals surface area contributed by atoms with Crippen LogP contribution in [-0.2, 0) is 13.0 Å². The standard InChI is InChI=1S/C15H16N2O3/c16-8-10-5-6-13(20-10)15(19)17-14-11-4-2-1-3-9(11)7-12(14)18/h1-6,12,14,18H,7-8,16H2,(H,17,19)/t12-,14+/m1/s1. The van der Waals surface area contributed by atoms with Crippen molar-refractivity contribution in [2.45, 2.75) is 25.1 Å². The predicted molar refractivity (Wildman–Crippen MR) is 73.0 cm³/mol. The topological polar surface area (TPSA) is 88.5 Å². The van der Waals surface area contributed by atoms with Crippen LogP contribution >= 0.6 is 0 Å². The first-order chi connectivity index (χ1) is 9.69. The maximum atomic E-state index is 12.1. The molecule has 0 radical (unpaired) electrons. The highest BCUT2D eigenvalue weighted by Crippen LogP contribution is 2.31. The van der Waals surface area contributed by atoms with Crippen molar-refractivity contribution in [3.63, 3.8) is 0 Å². The number of amides is 1. The minimum Gasteiger partial charge on any atom is -0.455 e. The van der Waals surface area contributed by atoms with Gasteiger partial charge < -0.3 is 20.6 Å². The Hall–Kier alpha value is -2.11. The van der Waals surface area contributed by atoms with Crippen molar-refractivity contribution in [3.05, 3.63) is 59.0 Å². The quantitative estimate of drug-likeness (QED) is 0.781. The molecule has 1 aliphatic carbocycles. The van der Waals surface area contributed by atoms with E-state index in [1.165, 1.54) is 0 Å². The molecule has 4 N–H and O–H groups in total. The van der Waals surface area contributed by atoms with Gasteiger partial charge in [0, 0.05) is 6.42 Å². The Morgan fingerprint density at radius 1 is 1.35 bits per heavy atom. The number of aliphatic hydroxyl groups excluding tert-OH is 1. The number of carbonyl (C=O) groups excluding carboxylic acids is 1. The summed E-state index contributed by atoms with van der Waals surface area (Å²) in [7, 11) is 0. The van der Waals surface area contributed by atoms with E-state index in [1.54, 1.807) is 12.1 Å². The minimum atomic E-state index is -0.611. The number of furan rings is 1. The first-order valence-electron chi connectivity index (χ1n) is 6.54. The first-order valence-corrected chi connectivity index (χ1v) is 6.54. The Bertz CT molecular complexity index is 636. The van der Waals surface area contributed by atoms with Crippen LogP contribution in [0.15, 0.2) is 40.8 Å². The van der Waals surface area contributed by atoms with Gasteiger partial charge in [0.25, 0.3) is 5.91 Å². The fourth-order valence-electron chi connectivity index (χ4n) is 2.57. The van der Waals surface area contributed by atoms with Crippen LogP contribution in [0.25, 0.3) is 0 Å². The number of nitrogens with two attached hydrogens (primary N) is 1. The third-order valence-electron chi connectivity index (χ3n) is 3.58. The summed E-state index contributed by atoms with van der Waals surface area (Å²) in [5.74, 6) is 0.426. The summed E-state index contributed by atoms with van der Waals surface area (Å²) in [6.45, 7) is 0.252. The molecule has 104 valence electrons. The van der Waals surface area contributed by atoms with E-state index in [1.807, 2.05) is 24.3 Å². The molecule has 1 aromatic heterocycles. The number of hydrogen-bond donors (Lipinski definition) is 3. The molecule has 20 heavy (non-hydrogen) atoms. The average molecular weight is 272 g/mol. The van der Waals surface area contributed by atoms with Crippen molar-refractivity contribution >= 4 is 5.91 Å². The molecule has 5 heteroatoms. The fourth-order valence-corrected chi connectivity index (χ4v) is 2.57. The van der Waals surface area contributed by atoms with E-state index in [4.69, 9.17) is 10.2 Å². The van der Waals surface area contributed by atoms with Crippen LogP contribution in [0.5, 0.6) is 0 Å². The normalized spacial score (nSPS) is 20.7. The molecule has 1 heterocycles. The summed E-state index contributed by atoms with van der Waals surface area (Å²) in [5.41, 5.74) is 7.47. The minimum absolute atomic E-state index is 0.210. The van der Waals surface area contributed by atoms with Crippen LogP contribution in [-0.4, -0.2) is 17.1 Å². The van der Waals surface area contributed by atoms with Crippen LogP contribution in [0.1, 0.15) is 33.5 Å². The van der Waals surface area contributed by atoms with E-state index in [-0.39, 0.29) is 18.2 Å². The lowest BCUT2D eigenvalue weighted by Gasteiger charge is -2.17. The number of rotatable bonds is 3. The van der Waals surface area contributed by atoms with Gasteiger partial charge in [-0.3, -0.25) is 4.79 Å². The van der Waals surface area contributed by atoms with Crippen LogP contribution in [0.3, 0.4) is 0 Å². The van der Waals surface area contributed by atoms with Gasteiger partial charge in [0.2, 0.25) is 0 Å². The molecular formula is C15H16N2O3. The summed E-state index contributed by atoms with van der Waals surface area (Å²) in [6, 6.07) is 10.6. The zero-order valence-electron chi connectivity index (χ0n) is 10.9. The zero-order chi connectivity index (χ0) is 14.1. The molecule has 2 atom stereocenters. The molecule has 5 nitrogen and oxygen atoms in total. The Morgan fingerprint density at radius 3 is 2.90 bits per heavy atom. The maximum absolute atomic E-state index is 12.1. The highest BCUT2D eigenvalue weighted by molar-refractivity contribution is 5.91. The SMILES string of the molecule is NCc1ccc(C(=O)N[C@H]2c3ccccc3C[C@H]2O)o1. The summed E-state index contributed by atoms with van der Waals surface area (Å²) in [5, 5.41) is 12.9. The Balaban J connectivity index is 1.79. The number of carbonyl (C=O) groups is 1. The molecule has 3 rings (SSSR count). The highest BCUT2D eigenvalue weighted by atomic mass is 16.4. The molecule has 1 amide bonds. The second kappa shape index (κ2) is 5.11. The lowest BCUT2D eigenvalue weighted by molar-refractivity contribution is 0.0830. The molecule has 1 aromatic carbocycles. The number of hydrogen-bond acceptors (Lipinski definition) is 4. The van der Waals surface area contributed by atoms with Crippen LogP contribution in [0.2, 0.25) is 0 Å². The molecule has 0 spiro atoms. The monoisotopic (exact) mass is 272 g/mol. The summed E-state index contributed by atoms with van der Waals surface area (Å²) in [4.78, 5) is 12.1. The van der Waals surface area contributed by atoms with Crippen molar-refractivity contribution in [3.8, 4) is 0 Å². The predicted octanol–water partition coefficient (Wildman–Crippen LogP) is 1.13. The maximum Gasteiger partial charge on any atom is 0.287 e. The molecule has 2 aromatic rings. The van der Waals surface area contributed by atoms with E-state index < -0.39 is 12.1 Å². The number of benzene rings is 1. The number of nitrogens with one attached hydrogen (secondary N) is 1.